The van der Waals surface area contributed by atoms with Crippen molar-refractivity contribution >= 4 is 0 Å². The minimum atomic E-state index is -0.228. The smallest absolute Gasteiger partial charge is 0.144 e. The minimum Gasteiger partial charge on any atom is -0.261 e. The topological polar surface area (TPSA) is 25.8 Å². The summed E-state index contributed by atoms with van der Waals surface area (Å²) in [6, 6.07) is 7.25. The second kappa shape index (κ2) is 6.79. The van der Waals surface area contributed by atoms with Crippen LogP contribution in [0.4, 0.5) is 4.39 Å². The van der Waals surface area contributed by atoms with Crippen LogP contribution < -0.4 is 0 Å². The third kappa shape index (κ3) is 3.87. The molecule has 2 nitrogen and oxygen atoms in total. The molecule has 0 aliphatic carbocycles. The summed E-state index contributed by atoms with van der Waals surface area (Å²) in [6.07, 6.45) is 4.10. The molecule has 2 atom stereocenters. The van der Waals surface area contributed by atoms with Gasteiger partial charge in [-0.1, -0.05) is 27.7 Å². The molecule has 112 valence electrons. The summed E-state index contributed by atoms with van der Waals surface area (Å²) < 4.78 is 13.7. The molecule has 0 amide bonds. The predicted molar refractivity (Wildman–Crippen MR) is 83.8 cm³/mol. The standard InChI is InChI=1S/C18H23FN2/c1-12(2)14(4)17-11-15(7-9-21-17)13(3)10-18-16(19)6-5-8-20-18/h5-9,11-14H,10H2,1-4H3. The molecular formula is C18H23FN2. The van der Waals surface area contributed by atoms with E-state index in [0.29, 0.717) is 24.0 Å². The van der Waals surface area contributed by atoms with E-state index in [1.54, 1.807) is 12.3 Å². The van der Waals surface area contributed by atoms with Gasteiger partial charge in [-0.15, -0.1) is 0 Å². The summed E-state index contributed by atoms with van der Waals surface area (Å²) in [4.78, 5) is 8.62. The Labute approximate surface area is 126 Å². The molecule has 0 spiro atoms. The van der Waals surface area contributed by atoms with E-state index >= 15 is 0 Å². The summed E-state index contributed by atoms with van der Waals surface area (Å²) in [7, 11) is 0. The minimum absolute atomic E-state index is 0.218. The molecule has 0 fully saturated rings. The number of rotatable bonds is 5. The second-order valence-electron chi connectivity index (χ2n) is 6.08. The average molecular weight is 286 g/mol. The monoisotopic (exact) mass is 286 g/mol. The van der Waals surface area contributed by atoms with Gasteiger partial charge in [-0.25, -0.2) is 4.39 Å². The lowest BCUT2D eigenvalue weighted by Gasteiger charge is -2.18. The summed E-state index contributed by atoms with van der Waals surface area (Å²) in [5.41, 5.74) is 2.83. The summed E-state index contributed by atoms with van der Waals surface area (Å²) in [6.45, 7) is 8.70. The van der Waals surface area contributed by atoms with Crippen LogP contribution >= 0.6 is 0 Å². The first-order chi connectivity index (χ1) is 9.99. The maximum Gasteiger partial charge on any atom is 0.144 e. The molecule has 0 N–H and O–H groups in total. The maximum atomic E-state index is 13.7. The fourth-order valence-corrected chi connectivity index (χ4v) is 2.34. The van der Waals surface area contributed by atoms with Crippen molar-refractivity contribution in [3.8, 4) is 0 Å². The van der Waals surface area contributed by atoms with E-state index in [-0.39, 0.29) is 11.7 Å². The van der Waals surface area contributed by atoms with Gasteiger partial charge in [-0.2, -0.15) is 0 Å². The fraction of sp³-hybridized carbons (Fsp3) is 0.444. The number of hydrogen-bond donors (Lipinski definition) is 0. The van der Waals surface area contributed by atoms with E-state index in [9.17, 15) is 4.39 Å². The van der Waals surface area contributed by atoms with Crippen LogP contribution in [0, 0.1) is 11.7 Å². The SMILES string of the molecule is CC(Cc1ncccc1F)c1ccnc(C(C)C(C)C)c1. The summed E-state index contributed by atoms with van der Waals surface area (Å²) >= 11 is 0. The maximum absolute atomic E-state index is 13.7. The van der Waals surface area contributed by atoms with Gasteiger partial charge in [0.25, 0.3) is 0 Å². The van der Waals surface area contributed by atoms with E-state index in [1.165, 1.54) is 11.6 Å². The van der Waals surface area contributed by atoms with Gasteiger partial charge in [0, 0.05) is 24.0 Å². The van der Waals surface area contributed by atoms with Crippen LogP contribution in [0.1, 0.15) is 56.5 Å². The Morgan fingerprint density at radius 2 is 1.81 bits per heavy atom. The van der Waals surface area contributed by atoms with Crippen molar-refractivity contribution in [3.05, 3.63) is 59.4 Å². The lowest BCUT2D eigenvalue weighted by atomic mass is 9.90. The Balaban J connectivity index is 2.18. The largest absolute Gasteiger partial charge is 0.261 e. The normalized spacial score (nSPS) is 14.2. The Bertz CT molecular complexity index is 595. The Morgan fingerprint density at radius 1 is 1.05 bits per heavy atom. The van der Waals surface area contributed by atoms with Crippen molar-refractivity contribution in [2.24, 2.45) is 5.92 Å². The molecule has 0 saturated heterocycles. The predicted octanol–water partition coefficient (Wildman–Crippen LogP) is 4.72. The molecule has 21 heavy (non-hydrogen) atoms. The molecule has 3 heteroatoms. The number of hydrogen-bond acceptors (Lipinski definition) is 2. The van der Waals surface area contributed by atoms with Gasteiger partial charge in [0.15, 0.2) is 0 Å². The van der Waals surface area contributed by atoms with E-state index in [4.69, 9.17) is 0 Å². The van der Waals surface area contributed by atoms with Crippen LogP contribution in [-0.4, -0.2) is 9.97 Å². The number of halogens is 1. The molecule has 0 aromatic carbocycles. The van der Waals surface area contributed by atoms with Gasteiger partial charge in [0.05, 0.1) is 5.69 Å². The molecule has 0 aliphatic rings. The van der Waals surface area contributed by atoms with E-state index in [2.05, 4.69) is 43.7 Å². The van der Waals surface area contributed by atoms with E-state index < -0.39 is 0 Å². The number of nitrogens with zero attached hydrogens (tertiary/aromatic N) is 2. The lowest BCUT2D eigenvalue weighted by molar-refractivity contribution is 0.522. The highest BCUT2D eigenvalue weighted by Gasteiger charge is 2.15. The molecule has 0 aliphatic heterocycles. The molecule has 2 heterocycles. The van der Waals surface area contributed by atoms with Gasteiger partial charge in [-0.05, 0) is 48.1 Å². The van der Waals surface area contributed by atoms with Crippen molar-refractivity contribution in [2.75, 3.05) is 0 Å². The lowest BCUT2D eigenvalue weighted by Crippen LogP contribution is -2.07. The zero-order chi connectivity index (χ0) is 15.4. The zero-order valence-corrected chi connectivity index (χ0v) is 13.2. The molecule has 2 rings (SSSR count). The Kier molecular flexibility index (Phi) is 5.05. The second-order valence-corrected chi connectivity index (χ2v) is 6.08. The first-order valence-corrected chi connectivity index (χ1v) is 7.54. The van der Waals surface area contributed by atoms with Crippen LogP contribution in [0.3, 0.4) is 0 Å². The Hall–Kier alpha value is -1.77. The van der Waals surface area contributed by atoms with Crippen LogP contribution in [-0.2, 0) is 6.42 Å². The van der Waals surface area contributed by atoms with Crippen LogP contribution in [0.2, 0.25) is 0 Å². The number of aromatic nitrogens is 2. The first-order valence-electron chi connectivity index (χ1n) is 7.54. The quantitative estimate of drug-likeness (QED) is 0.794. The molecule has 2 aromatic heterocycles. The molecule has 0 saturated carbocycles. The average Bonchev–Trinajstić information content (AvgIpc) is 2.48. The van der Waals surface area contributed by atoms with Crippen molar-refractivity contribution in [3.63, 3.8) is 0 Å². The highest BCUT2D eigenvalue weighted by molar-refractivity contribution is 5.24. The van der Waals surface area contributed by atoms with Crippen molar-refractivity contribution in [2.45, 2.75) is 46.0 Å². The third-order valence-corrected chi connectivity index (χ3v) is 4.17. The highest BCUT2D eigenvalue weighted by Crippen LogP contribution is 2.26. The Morgan fingerprint density at radius 3 is 2.48 bits per heavy atom. The first kappa shape index (κ1) is 15.6. The van der Waals surface area contributed by atoms with Crippen LogP contribution in [0.5, 0.6) is 0 Å². The summed E-state index contributed by atoms with van der Waals surface area (Å²) in [5, 5.41) is 0. The van der Waals surface area contributed by atoms with Crippen molar-refractivity contribution < 1.29 is 4.39 Å². The molecule has 2 unspecified atom stereocenters. The van der Waals surface area contributed by atoms with E-state index in [1.807, 2.05) is 12.3 Å². The zero-order valence-electron chi connectivity index (χ0n) is 13.2. The van der Waals surface area contributed by atoms with Gasteiger partial charge in [0.2, 0.25) is 0 Å². The third-order valence-electron chi connectivity index (χ3n) is 4.17. The van der Waals surface area contributed by atoms with Gasteiger partial charge in [-0.3, -0.25) is 9.97 Å². The summed E-state index contributed by atoms with van der Waals surface area (Å²) in [5.74, 6) is 0.963. The van der Waals surface area contributed by atoms with Crippen LogP contribution in [0.15, 0.2) is 36.7 Å². The highest BCUT2D eigenvalue weighted by atomic mass is 19.1. The van der Waals surface area contributed by atoms with E-state index in [0.717, 1.165) is 5.69 Å². The number of pyridine rings is 2. The fourth-order valence-electron chi connectivity index (χ4n) is 2.34. The van der Waals surface area contributed by atoms with Crippen molar-refractivity contribution in [1.82, 2.24) is 9.97 Å². The van der Waals surface area contributed by atoms with Gasteiger partial charge < -0.3 is 0 Å². The molecule has 2 aromatic rings. The molecular weight excluding hydrogens is 263 g/mol. The van der Waals surface area contributed by atoms with Crippen molar-refractivity contribution in [1.29, 1.82) is 0 Å². The van der Waals surface area contributed by atoms with Gasteiger partial charge in [0.1, 0.15) is 5.82 Å². The van der Waals surface area contributed by atoms with Gasteiger partial charge >= 0.3 is 0 Å². The van der Waals surface area contributed by atoms with Crippen LogP contribution in [0.25, 0.3) is 0 Å². The molecule has 0 radical (unpaired) electrons. The molecule has 0 bridgehead atoms.